The van der Waals surface area contributed by atoms with Gasteiger partial charge in [-0.15, -0.1) is 0 Å². The molecular formula is C12H20N2O. The molecule has 2 atom stereocenters. The van der Waals surface area contributed by atoms with Gasteiger partial charge in [0.05, 0.1) is 6.61 Å². The molecule has 1 aliphatic heterocycles. The molecule has 2 N–H and O–H groups in total. The smallest absolute Gasteiger partial charge is 0.0587 e. The zero-order chi connectivity index (χ0) is 10.7. The fraction of sp³-hybridized carbons (Fsp3) is 0.667. The molecule has 1 aromatic heterocycles. The minimum atomic E-state index is 0.283. The van der Waals surface area contributed by atoms with Crippen LogP contribution in [-0.2, 0) is 0 Å². The van der Waals surface area contributed by atoms with Crippen LogP contribution in [0.1, 0.15) is 37.9 Å². The Balaban J connectivity index is 2.07. The molecule has 3 heteroatoms. The summed E-state index contributed by atoms with van der Waals surface area (Å²) in [5.74, 6) is 0. The van der Waals surface area contributed by atoms with E-state index in [1.54, 1.807) is 0 Å². The first-order valence-corrected chi connectivity index (χ1v) is 5.83. The molecule has 1 fully saturated rings. The number of hydrogen-bond donors (Lipinski definition) is 2. The van der Waals surface area contributed by atoms with E-state index in [-0.39, 0.29) is 6.61 Å². The first kappa shape index (κ1) is 10.7. The minimum Gasteiger partial charge on any atom is -0.395 e. The molecule has 1 saturated heterocycles. The Bertz CT molecular complexity index is 284. The Morgan fingerprint density at radius 3 is 3.13 bits per heavy atom. The van der Waals surface area contributed by atoms with Crippen molar-refractivity contribution < 1.29 is 5.11 Å². The van der Waals surface area contributed by atoms with Crippen molar-refractivity contribution in [1.29, 1.82) is 0 Å². The SMILES string of the molecule is CC(c1ccc[nH]1)N1CCCCC1CO. The summed E-state index contributed by atoms with van der Waals surface area (Å²) in [6, 6.07) is 4.88. The molecule has 84 valence electrons. The minimum absolute atomic E-state index is 0.283. The summed E-state index contributed by atoms with van der Waals surface area (Å²) in [6.07, 6.45) is 5.59. The van der Waals surface area contributed by atoms with Crippen LogP contribution < -0.4 is 0 Å². The van der Waals surface area contributed by atoms with Crippen molar-refractivity contribution in [3.05, 3.63) is 24.0 Å². The van der Waals surface area contributed by atoms with E-state index in [9.17, 15) is 5.11 Å². The van der Waals surface area contributed by atoms with Crippen molar-refractivity contribution in [2.45, 2.75) is 38.3 Å². The van der Waals surface area contributed by atoms with Crippen LogP contribution in [0.4, 0.5) is 0 Å². The van der Waals surface area contributed by atoms with Gasteiger partial charge in [0, 0.05) is 24.0 Å². The number of aromatic amines is 1. The zero-order valence-electron chi connectivity index (χ0n) is 9.32. The number of aliphatic hydroxyl groups excluding tert-OH is 1. The average molecular weight is 208 g/mol. The predicted octanol–water partition coefficient (Wildman–Crippen LogP) is 1.92. The monoisotopic (exact) mass is 208 g/mol. The Morgan fingerprint density at radius 1 is 1.60 bits per heavy atom. The number of H-pyrrole nitrogens is 1. The third-order valence-corrected chi connectivity index (χ3v) is 3.45. The van der Waals surface area contributed by atoms with Gasteiger partial charge in [0.25, 0.3) is 0 Å². The molecule has 2 heterocycles. The maximum Gasteiger partial charge on any atom is 0.0587 e. The van der Waals surface area contributed by atoms with Crippen LogP contribution in [0.3, 0.4) is 0 Å². The maximum atomic E-state index is 9.36. The lowest BCUT2D eigenvalue weighted by Crippen LogP contribution is -2.43. The number of rotatable bonds is 3. The quantitative estimate of drug-likeness (QED) is 0.796. The Kier molecular flexibility index (Phi) is 3.44. The van der Waals surface area contributed by atoms with E-state index in [0.717, 1.165) is 13.0 Å². The summed E-state index contributed by atoms with van der Waals surface area (Å²) in [7, 11) is 0. The van der Waals surface area contributed by atoms with Crippen molar-refractivity contribution in [2.24, 2.45) is 0 Å². The lowest BCUT2D eigenvalue weighted by Gasteiger charge is -2.38. The Hall–Kier alpha value is -0.800. The van der Waals surface area contributed by atoms with Crippen molar-refractivity contribution in [1.82, 2.24) is 9.88 Å². The molecule has 0 saturated carbocycles. The number of likely N-dealkylation sites (tertiary alicyclic amines) is 1. The number of nitrogens with one attached hydrogen (secondary N) is 1. The number of aliphatic hydroxyl groups is 1. The summed E-state index contributed by atoms with van der Waals surface area (Å²) in [6.45, 7) is 3.59. The summed E-state index contributed by atoms with van der Waals surface area (Å²) in [5, 5.41) is 9.36. The summed E-state index contributed by atoms with van der Waals surface area (Å²) < 4.78 is 0. The largest absolute Gasteiger partial charge is 0.395 e. The summed E-state index contributed by atoms with van der Waals surface area (Å²) >= 11 is 0. The highest BCUT2D eigenvalue weighted by Gasteiger charge is 2.26. The normalized spacial score (nSPS) is 25.3. The summed E-state index contributed by atoms with van der Waals surface area (Å²) in [5.41, 5.74) is 1.25. The predicted molar refractivity (Wildman–Crippen MR) is 60.6 cm³/mol. The van der Waals surface area contributed by atoms with E-state index in [1.807, 2.05) is 12.3 Å². The first-order valence-electron chi connectivity index (χ1n) is 5.83. The van der Waals surface area contributed by atoms with E-state index in [4.69, 9.17) is 0 Å². The molecule has 0 aliphatic carbocycles. The molecule has 0 spiro atoms. The third-order valence-electron chi connectivity index (χ3n) is 3.45. The standard InChI is InChI=1S/C12H20N2O/c1-10(12-6-4-7-13-12)14-8-3-2-5-11(14)9-15/h4,6-7,10-11,13,15H,2-3,5,8-9H2,1H3. The molecule has 1 aromatic rings. The van der Waals surface area contributed by atoms with Gasteiger partial charge in [-0.05, 0) is 38.4 Å². The van der Waals surface area contributed by atoms with Gasteiger partial charge in [-0.25, -0.2) is 0 Å². The van der Waals surface area contributed by atoms with Crippen LogP contribution in [0.15, 0.2) is 18.3 Å². The molecule has 15 heavy (non-hydrogen) atoms. The number of nitrogens with zero attached hydrogens (tertiary/aromatic N) is 1. The van der Waals surface area contributed by atoms with Crippen LogP contribution in [-0.4, -0.2) is 34.2 Å². The molecule has 0 aromatic carbocycles. The molecule has 0 amide bonds. The van der Waals surface area contributed by atoms with Gasteiger partial charge in [-0.3, -0.25) is 4.90 Å². The molecule has 0 bridgehead atoms. The topological polar surface area (TPSA) is 39.3 Å². The highest BCUT2D eigenvalue weighted by Crippen LogP contribution is 2.27. The van der Waals surface area contributed by atoms with Crippen molar-refractivity contribution >= 4 is 0 Å². The molecule has 2 unspecified atom stereocenters. The molecule has 1 aliphatic rings. The van der Waals surface area contributed by atoms with Crippen LogP contribution in [0.5, 0.6) is 0 Å². The van der Waals surface area contributed by atoms with Crippen LogP contribution in [0, 0.1) is 0 Å². The number of aromatic nitrogens is 1. The van der Waals surface area contributed by atoms with Gasteiger partial charge in [0.1, 0.15) is 0 Å². The lowest BCUT2D eigenvalue weighted by molar-refractivity contribution is 0.0575. The van der Waals surface area contributed by atoms with Gasteiger partial charge >= 0.3 is 0 Å². The third kappa shape index (κ3) is 2.24. The number of hydrogen-bond acceptors (Lipinski definition) is 2. The van der Waals surface area contributed by atoms with E-state index in [1.165, 1.54) is 18.5 Å². The van der Waals surface area contributed by atoms with Crippen LogP contribution in [0.25, 0.3) is 0 Å². The lowest BCUT2D eigenvalue weighted by atomic mass is 10.00. The average Bonchev–Trinajstić information content (AvgIpc) is 2.81. The first-order chi connectivity index (χ1) is 7.33. The van der Waals surface area contributed by atoms with Crippen molar-refractivity contribution in [3.63, 3.8) is 0 Å². The Labute approximate surface area is 91.1 Å². The maximum absolute atomic E-state index is 9.36. The van der Waals surface area contributed by atoms with Gasteiger partial charge in [0.2, 0.25) is 0 Å². The highest BCUT2D eigenvalue weighted by molar-refractivity contribution is 5.09. The van der Waals surface area contributed by atoms with Crippen molar-refractivity contribution in [2.75, 3.05) is 13.2 Å². The van der Waals surface area contributed by atoms with E-state index in [2.05, 4.69) is 22.9 Å². The van der Waals surface area contributed by atoms with Gasteiger partial charge < -0.3 is 10.1 Å². The second kappa shape index (κ2) is 4.81. The van der Waals surface area contributed by atoms with Gasteiger partial charge in [-0.1, -0.05) is 6.42 Å². The fourth-order valence-corrected chi connectivity index (χ4v) is 2.51. The van der Waals surface area contributed by atoms with Crippen LogP contribution in [0.2, 0.25) is 0 Å². The molecule has 3 nitrogen and oxygen atoms in total. The highest BCUT2D eigenvalue weighted by atomic mass is 16.3. The molecule has 2 rings (SSSR count). The number of piperidine rings is 1. The van der Waals surface area contributed by atoms with Crippen LogP contribution >= 0.6 is 0 Å². The van der Waals surface area contributed by atoms with E-state index < -0.39 is 0 Å². The summed E-state index contributed by atoms with van der Waals surface area (Å²) in [4.78, 5) is 5.67. The van der Waals surface area contributed by atoms with Gasteiger partial charge in [-0.2, -0.15) is 0 Å². The fourth-order valence-electron chi connectivity index (χ4n) is 2.51. The second-order valence-electron chi connectivity index (χ2n) is 4.37. The second-order valence-corrected chi connectivity index (χ2v) is 4.37. The van der Waals surface area contributed by atoms with E-state index >= 15 is 0 Å². The Morgan fingerprint density at radius 2 is 2.47 bits per heavy atom. The van der Waals surface area contributed by atoms with Crippen molar-refractivity contribution in [3.8, 4) is 0 Å². The molecular weight excluding hydrogens is 188 g/mol. The zero-order valence-corrected chi connectivity index (χ0v) is 9.32. The van der Waals surface area contributed by atoms with Gasteiger partial charge in [0.15, 0.2) is 0 Å². The van der Waals surface area contributed by atoms with E-state index in [0.29, 0.717) is 12.1 Å². The molecule has 0 radical (unpaired) electrons.